The van der Waals surface area contributed by atoms with E-state index in [9.17, 15) is 17.6 Å². The van der Waals surface area contributed by atoms with Crippen molar-refractivity contribution in [2.24, 2.45) is 7.05 Å². The molecule has 1 amide bonds. The van der Waals surface area contributed by atoms with Crippen molar-refractivity contribution in [2.45, 2.75) is 17.2 Å². The molecule has 0 bridgehead atoms. The molecule has 5 rings (SSSR count). The standard InChI is InChI=1S/C28H22FN5O3S/c1-34-13-11-24(33-34)18-38(36,37)27-9-6-21(14-20(27)5-2-19-3-7-23(29)8-4-19)28(35)32-16-22-15-31-26-10-12-30-17-25(22)26/h3-4,6-15,17,31H,16,18H2,1H3,(H,32,35). The first-order valence-corrected chi connectivity index (χ1v) is 13.2. The minimum absolute atomic E-state index is 0.0167. The quantitative estimate of drug-likeness (QED) is 0.327. The van der Waals surface area contributed by atoms with Gasteiger partial charge in [-0.3, -0.25) is 14.5 Å². The van der Waals surface area contributed by atoms with Gasteiger partial charge in [0, 0.05) is 66.0 Å². The van der Waals surface area contributed by atoms with Crippen LogP contribution in [0.3, 0.4) is 0 Å². The molecule has 8 nitrogen and oxygen atoms in total. The molecule has 38 heavy (non-hydrogen) atoms. The number of carbonyl (C=O) groups excluding carboxylic acids is 1. The van der Waals surface area contributed by atoms with E-state index >= 15 is 0 Å². The average Bonchev–Trinajstić information content (AvgIpc) is 3.51. The Morgan fingerprint density at radius 3 is 2.68 bits per heavy atom. The molecule has 2 N–H and O–H groups in total. The number of nitrogens with one attached hydrogen (secondary N) is 2. The summed E-state index contributed by atoms with van der Waals surface area (Å²) < 4.78 is 41.4. The minimum Gasteiger partial charge on any atom is -0.361 e. The summed E-state index contributed by atoms with van der Waals surface area (Å²) in [5.41, 5.74) is 3.08. The lowest BCUT2D eigenvalue weighted by Crippen LogP contribution is -2.23. The number of aromatic nitrogens is 4. The van der Waals surface area contributed by atoms with Crippen LogP contribution in [-0.4, -0.2) is 34.1 Å². The van der Waals surface area contributed by atoms with Gasteiger partial charge in [0.25, 0.3) is 5.91 Å². The van der Waals surface area contributed by atoms with Crippen LogP contribution in [0.2, 0.25) is 0 Å². The monoisotopic (exact) mass is 527 g/mol. The number of fused-ring (bicyclic) bond motifs is 1. The van der Waals surface area contributed by atoms with Crippen molar-refractivity contribution in [3.05, 3.63) is 113 Å². The minimum atomic E-state index is -3.84. The number of H-pyrrole nitrogens is 1. The van der Waals surface area contributed by atoms with Crippen LogP contribution in [-0.2, 0) is 29.2 Å². The fraction of sp³-hybridized carbons (Fsp3) is 0.107. The summed E-state index contributed by atoms with van der Waals surface area (Å²) in [7, 11) is -2.13. The molecule has 3 aromatic heterocycles. The Labute approximate surface area is 218 Å². The van der Waals surface area contributed by atoms with E-state index in [4.69, 9.17) is 0 Å². The van der Waals surface area contributed by atoms with Gasteiger partial charge in [-0.15, -0.1) is 0 Å². The maximum atomic E-state index is 13.3. The summed E-state index contributed by atoms with van der Waals surface area (Å²) in [5, 5.41) is 7.92. The Bertz CT molecular complexity index is 1810. The lowest BCUT2D eigenvalue weighted by molar-refractivity contribution is 0.0951. The lowest BCUT2D eigenvalue weighted by Gasteiger charge is -2.09. The first-order valence-electron chi connectivity index (χ1n) is 11.6. The fourth-order valence-corrected chi connectivity index (χ4v) is 5.39. The molecule has 0 aliphatic rings. The van der Waals surface area contributed by atoms with Gasteiger partial charge in [-0.1, -0.05) is 11.8 Å². The highest BCUT2D eigenvalue weighted by Gasteiger charge is 2.22. The molecule has 10 heteroatoms. The second kappa shape index (κ2) is 10.3. The van der Waals surface area contributed by atoms with Gasteiger partial charge in [0.1, 0.15) is 5.82 Å². The summed E-state index contributed by atoms with van der Waals surface area (Å²) in [5.74, 6) is 4.62. The predicted octanol–water partition coefficient (Wildman–Crippen LogP) is 3.74. The number of aryl methyl sites for hydroxylation is 1. The van der Waals surface area contributed by atoms with E-state index in [2.05, 4.69) is 32.2 Å². The van der Waals surface area contributed by atoms with Gasteiger partial charge in [0.2, 0.25) is 0 Å². The van der Waals surface area contributed by atoms with Crippen LogP contribution < -0.4 is 5.32 Å². The molecule has 0 unspecified atom stereocenters. The van der Waals surface area contributed by atoms with Crippen LogP contribution >= 0.6 is 0 Å². The SMILES string of the molecule is Cn1ccc(CS(=O)(=O)c2ccc(C(=O)NCc3c[nH]c4ccncc34)cc2C#Cc2ccc(F)cc2)n1. The zero-order valence-electron chi connectivity index (χ0n) is 20.3. The Hall–Kier alpha value is -4.75. The number of aromatic amines is 1. The number of amides is 1. The zero-order valence-corrected chi connectivity index (χ0v) is 21.1. The molecule has 190 valence electrons. The van der Waals surface area contributed by atoms with E-state index in [1.807, 2.05) is 6.07 Å². The Morgan fingerprint density at radius 2 is 1.92 bits per heavy atom. The molecule has 0 aliphatic heterocycles. The molecule has 2 aromatic carbocycles. The molecule has 0 radical (unpaired) electrons. The molecular formula is C28H22FN5O3S. The molecule has 0 saturated carbocycles. The lowest BCUT2D eigenvalue weighted by atomic mass is 10.1. The maximum absolute atomic E-state index is 13.3. The third-order valence-corrected chi connectivity index (χ3v) is 7.58. The van der Waals surface area contributed by atoms with Gasteiger partial charge >= 0.3 is 0 Å². The van der Waals surface area contributed by atoms with Crippen molar-refractivity contribution in [3.8, 4) is 11.8 Å². The van der Waals surface area contributed by atoms with Gasteiger partial charge in [0.05, 0.1) is 16.3 Å². The van der Waals surface area contributed by atoms with Gasteiger partial charge in [-0.05, 0) is 60.2 Å². The summed E-state index contributed by atoms with van der Waals surface area (Å²) in [6.07, 6.45) is 6.87. The van der Waals surface area contributed by atoms with Gasteiger partial charge < -0.3 is 10.3 Å². The van der Waals surface area contributed by atoms with Gasteiger partial charge in [-0.25, -0.2) is 12.8 Å². The zero-order chi connectivity index (χ0) is 26.7. The number of benzene rings is 2. The Balaban J connectivity index is 1.45. The number of pyridine rings is 1. The Morgan fingerprint density at radius 1 is 1.11 bits per heavy atom. The molecule has 0 fully saturated rings. The van der Waals surface area contributed by atoms with Crippen LogP contribution in [0, 0.1) is 17.7 Å². The second-order valence-electron chi connectivity index (χ2n) is 8.63. The van der Waals surface area contributed by atoms with Crippen molar-refractivity contribution < 1.29 is 17.6 Å². The van der Waals surface area contributed by atoms with Crippen molar-refractivity contribution in [3.63, 3.8) is 0 Å². The van der Waals surface area contributed by atoms with Gasteiger partial charge in [-0.2, -0.15) is 5.10 Å². The number of hydrogen-bond acceptors (Lipinski definition) is 5. The van der Waals surface area contributed by atoms with Gasteiger partial charge in [0.15, 0.2) is 9.84 Å². The average molecular weight is 528 g/mol. The van der Waals surface area contributed by atoms with Crippen LogP contribution in [0.15, 0.2) is 84.3 Å². The van der Waals surface area contributed by atoms with E-state index in [0.29, 0.717) is 11.3 Å². The molecule has 5 aromatic rings. The number of hydrogen-bond donors (Lipinski definition) is 2. The fourth-order valence-electron chi connectivity index (χ4n) is 3.97. The van der Waals surface area contributed by atoms with Crippen LogP contribution in [0.5, 0.6) is 0 Å². The van der Waals surface area contributed by atoms with E-state index in [1.54, 1.807) is 37.9 Å². The smallest absolute Gasteiger partial charge is 0.251 e. The van der Waals surface area contributed by atoms with Crippen molar-refractivity contribution >= 4 is 26.6 Å². The molecule has 0 spiro atoms. The van der Waals surface area contributed by atoms with E-state index in [-0.39, 0.29) is 34.2 Å². The maximum Gasteiger partial charge on any atom is 0.251 e. The number of carbonyl (C=O) groups is 1. The number of sulfone groups is 1. The van der Waals surface area contributed by atoms with Crippen LogP contribution in [0.25, 0.3) is 10.9 Å². The predicted molar refractivity (Wildman–Crippen MR) is 140 cm³/mol. The molecule has 3 heterocycles. The highest BCUT2D eigenvalue weighted by molar-refractivity contribution is 7.90. The number of rotatable bonds is 6. The molecule has 0 aliphatic carbocycles. The third-order valence-electron chi connectivity index (χ3n) is 5.88. The highest BCUT2D eigenvalue weighted by atomic mass is 32.2. The summed E-state index contributed by atoms with van der Waals surface area (Å²) in [6, 6.07) is 13.3. The van der Waals surface area contributed by atoms with E-state index in [0.717, 1.165) is 16.5 Å². The molecule has 0 saturated heterocycles. The van der Waals surface area contributed by atoms with Crippen molar-refractivity contribution in [1.82, 2.24) is 25.1 Å². The highest BCUT2D eigenvalue weighted by Crippen LogP contribution is 2.22. The van der Waals surface area contributed by atoms with Crippen LogP contribution in [0.4, 0.5) is 4.39 Å². The van der Waals surface area contributed by atoms with Crippen molar-refractivity contribution in [2.75, 3.05) is 0 Å². The van der Waals surface area contributed by atoms with E-state index < -0.39 is 15.7 Å². The largest absolute Gasteiger partial charge is 0.361 e. The number of nitrogens with zero attached hydrogens (tertiary/aromatic N) is 3. The number of halogens is 1. The summed E-state index contributed by atoms with van der Waals surface area (Å²) >= 11 is 0. The first-order chi connectivity index (χ1) is 18.3. The third kappa shape index (κ3) is 5.48. The normalized spacial score (nSPS) is 11.2. The van der Waals surface area contributed by atoms with E-state index in [1.165, 1.54) is 47.1 Å². The van der Waals surface area contributed by atoms with Crippen molar-refractivity contribution in [1.29, 1.82) is 0 Å². The Kier molecular flexibility index (Phi) is 6.77. The summed E-state index contributed by atoms with van der Waals surface area (Å²) in [4.78, 5) is 20.3. The summed E-state index contributed by atoms with van der Waals surface area (Å²) in [6.45, 7) is 0.251. The molecule has 0 atom stereocenters. The molecular weight excluding hydrogens is 505 g/mol. The second-order valence-corrected chi connectivity index (χ2v) is 10.6. The van der Waals surface area contributed by atoms with Crippen LogP contribution in [0.1, 0.15) is 32.7 Å². The topological polar surface area (TPSA) is 110 Å². The first kappa shape index (κ1) is 24.9.